The molecule has 0 saturated carbocycles. The summed E-state index contributed by atoms with van der Waals surface area (Å²) in [5.41, 5.74) is 2.45. The highest BCUT2D eigenvalue weighted by Gasteiger charge is 2.16. The highest BCUT2D eigenvalue weighted by molar-refractivity contribution is 8.08. The zero-order chi connectivity index (χ0) is 12.7. The fourth-order valence-corrected chi connectivity index (χ4v) is 3.42. The van der Waals surface area contributed by atoms with Gasteiger partial charge in [-0.05, 0) is 17.2 Å². The molecule has 0 bridgehead atoms. The van der Waals surface area contributed by atoms with Gasteiger partial charge in [-0.1, -0.05) is 60.3 Å². The van der Waals surface area contributed by atoms with Crippen LogP contribution in [0.2, 0.25) is 0 Å². The molecular weight excluding hydrogens is 252 g/mol. The third-order valence-corrected chi connectivity index (χ3v) is 4.29. The maximum absolute atomic E-state index is 4.29. The summed E-state index contributed by atoms with van der Waals surface area (Å²) in [5.74, 6) is 0. The molecule has 90 valence electrons. The summed E-state index contributed by atoms with van der Waals surface area (Å²) in [7, 11) is 0. The average Bonchev–Trinajstić information content (AvgIpc) is 2.49. The zero-order valence-corrected chi connectivity index (χ0v) is 10.9. The van der Waals surface area contributed by atoms with Gasteiger partial charge in [0.2, 0.25) is 0 Å². The van der Waals surface area contributed by atoms with Crippen LogP contribution in [-0.4, -0.2) is 10.2 Å². The van der Waals surface area contributed by atoms with E-state index in [1.165, 1.54) is 21.4 Å². The highest BCUT2D eigenvalue weighted by atomic mass is 32.2. The Kier molecular flexibility index (Phi) is 2.38. The molecule has 0 N–H and O–H groups in total. The average molecular weight is 262 g/mol. The Hall–Kier alpha value is -2.13. The van der Waals surface area contributed by atoms with E-state index in [2.05, 4.69) is 58.7 Å². The molecule has 2 nitrogen and oxygen atoms in total. The second-order valence-electron chi connectivity index (χ2n) is 4.44. The lowest BCUT2D eigenvalue weighted by Gasteiger charge is -2.15. The number of nitrogens with zero attached hydrogens (tertiary/aromatic N) is 2. The van der Waals surface area contributed by atoms with Crippen LogP contribution in [0.3, 0.4) is 0 Å². The molecule has 4 rings (SSSR count). The third kappa shape index (κ3) is 1.74. The summed E-state index contributed by atoms with van der Waals surface area (Å²) in [5, 5.41) is 11.7. The fourth-order valence-electron chi connectivity index (χ4n) is 2.35. The minimum atomic E-state index is 0.995. The lowest BCUT2D eigenvalue weighted by Crippen LogP contribution is -1.94. The molecule has 1 aromatic heterocycles. The van der Waals surface area contributed by atoms with Gasteiger partial charge in [-0.25, -0.2) is 0 Å². The van der Waals surface area contributed by atoms with Crippen molar-refractivity contribution in [3.8, 4) is 0 Å². The van der Waals surface area contributed by atoms with Crippen molar-refractivity contribution in [1.29, 1.82) is 0 Å². The molecule has 3 heteroatoms. The molecule has 2 heterocycles. The second kappa shape index (κ2) is 4.21. The summed E-state index contributed by atoms with van der Waals surface area (Å²) in [6, 6.07) is 16.7. The zero-order valence-electron chi connectivity index (χ0n) is 10.1. The number of rotatable bonds is 1. The van der Waals surface area contributed by atoms with Crippen molar-refractivity contribution in [1.82, 2.24) is 10.2 Å². The molecule has 1 aliphatic heterocycles. The van der Waals surface area contributed by atoms with E-state index < -0.39 is 0 Å². The molecule has 1 aliphatic rings. The van der Waals surface area contributed by atoms with E-state index in [4.69, 9.17) is 0 Å². The summed E-state index contributed by atoms with van der Waals surface area (Å²) in [4.78, 5) is 1.22. The molecule has 0 radical (unpaired) electrons. The molecule has 3 aromatic rings. The molecule has 0 amide bonds. The van der Waals surface area contributed by atoms with Crippen LogP contribution in [-0.2, 0) is 0 Å². The number of benzene rings is 2. The maximum atomic E-state index is 4.29. The molecule has 0 aliphatic carbocycles. The van der Waals surface area contributed by atoms with Crippen molar-refractivity contribution in [3.05, 3.63) is 65.9 Å². The van der Waals surface area contributed by atoms with E-state index in [0.29, 0.717) is 0 Å². The molecule has 0 spiro atoms. The van der Waals surface area contributed by atoms with E-state index in [0.717, 1.165) is 10.4 Å². The van der Waals surface area contributed by atoms with Gasteiger partial charge in [0.25, 0.3) is 0 Å². The van der Waals surface area contributed by atoms with Crippen molar-refractivity contribution in [3.63, 3.8) is 0 Å². The SMILES string of the molecule is C1=C(c2ccccc2)Sc2nncc3cccc1c23. The van der Waals surface area contributed by atoms with Gasteiger partial charge < -0.3 is 0 Å². The Balaban J connectivity index is 1.96. The highest BCUT2D eigenvalue weighted by Crippen LogP contribution is 2.43. The molecule has 0 fully saturated rings. The van der Waals surface area contributed by atoms with Crippen LogP contribution in [0.15, 0.2) is 59.8 Å². The van der Waals surface area contributed by atoms with Crippen molar-refractivity contribution in [2.75, 3.05) is 0 Å². The van der Waals surface area contributed by atoms with Crippen LogP contribution in [0.1, 0.15) is 11.1 Å². The molecule has 19 heavy (non-hydrogen) atoms. The number of aromatic nitrogens is 2. The van der Waals surface area contributed by atoms with Crippen molar-refractivity contribution in [2.24, 2.45) is 0 Å². The summed E-state index contributed by atoms with van der Waals surface area (Å²) >= 11 is 1.69. The fraction of sp³-hybridized carbons (Fsp3) is 0. The van der Waals surface area contributed by atoms with Gasteiger partial charge in [-0.15, -0.1) is 5.10 Å². The van der Waals surface area contributed by atoms with Crippen LogP contribution in [0, 0.1) is 0 Å². The Morgan fingerprint density at radius 2 is 1.79 bits per heavy atom. The molecular formula is C16H10N2S. The first-order chi connectivity index (χ1) is 9.42. The minimum Gasteiger partial charge on any atom is -0.157 e. The Morgan fingerprint density at radius 3 is 2.68 bits per heavy atom. The van der Waals surface area contributed by atoms with Gasteiger partial charge in [-0.3, -0.25) is 0 Å². The Bertz CT molecular complexity index is 789. The van der Waals surface area contributed by atoms with Crippen LogP contribution in [0.5, 0.6) is 0 Å². The normalized spacial score (nSPS) is 13.4. The first kappa shape index (κ1) is 10.8. The van der Waals surface area contributed by atoms with E-state index in [-0.39, 0.29) is 0 Å². The predicted octanol–water partition coefficient (Wildman–Crippen LogP) is 4.23. The lowest BCUT2D eigenvalue weighted by atomic mass is 10.1. The van der Waals surface area contributed by atoms with Crippen LogP contribution < -0.4 is 0 Å². The summed E-state index contributed by atoms with van der Waals surface area (Å²) in [6.45, 7) is 0. The van der Waals surface area contributed by atoms with E-state index in [9.17, 15) is 0 Å². The maximum Gasteiger partial charge on any atom is 0.132 e. The Labute approximate surface area is 115 Å². The number of hydrogen-bond donors (Lipinski definition) is 0. The van der Waals surface area contributed by atoms with Gasteiger partial charge in [0.05, 0.1) is 6.20 Å². The first-order valence-electron chi connectivity index (χ1n) is 6.11. The van der Waals surface area contributed by atoms with Crippen LogP contribution >= 0.6 is 11.8 Å². The summed E-state index contributed by atoms with van der Waals surface area (Å²) < 4.78 is 0. The monoisotopic (exact) mass is 262 g/mol. The topological polar surface area (TPSA) is 25.8 Å². The second-order valence-corrected chi connectivity index (χ2v) is 5.47. The largest absolute Gasteiger partial charge is 0.157 e. The molecule has 2 aromatic carbocycles. The van der Waals surface area contributed by atoms with Gasteiger partial charge in [0.1, 0.15) is 5.03 Å². The van der Waals surface area contributed by atoms with Gasteiger partial charge >= 0.3 is 0 Å². The van der Waals surface area contributed by atoms with Gasteiger partial charge in [0, 0.05) is 15.7 Å². The lowest BCUT2D eigenvalue weighted by molar-refractivity contribution is 0.957. The summed E-state index contributed by atoms with van der Waals surface area (Å²) in [6.07, 6.45) is 4.06. The molecule has 0 unspecified atom stereocenters. The predicted molar refractivity (Wildman–Crippen MR) is 79.7 cm³/mol. The quantitative estimate of drug-likeness (QED) is 0.656. The molecule has 0 atom stereocenters. The number of hydrogen-bond acceptors (Lipinski definition) is 3. The van der Waals surface area contributed by atoms with Crippen molar-refractivity contribution in [2.45, 2.75) is 5.03 Å². The van der Waals surface area contributed by atoms with Crippen molar-refractivity contribution >= 4 is 33.5 Å². The van der Waals surface area contributed by atoms with Crippen molar-refractivity contribution < 1.29 is 0 Å². The molecule has 0 saturated heterocycles. The van der Waals surface area contributed by atoms with E-state index in [1.54, 1.807) is 11.8 Å². The van der Waals surface area contributed by atoms with Gasteiger partial charge in [-0.2, -0.15) is 5.10 Å². The van der Waals surface area contributed by atoms with Crippen LogP contribution in [0.25, 0.3) is 21.8 Å². The smallest absolute Gasteiger partial charge is 0.132 e. The first-order valence-corrected chi connectivity index (χ1v) is 6.93. The number of thioether (sulfide) groups is 1. The third-order valence-electron chi connectivity index (χ3n) is 3.24. The van der Waals surface area contributed by atoms with Gasteiger partial charge in [0.15, 0.2) is 0 Å². The Morgan fingerprint density at radius 1 is 0.895 bits per heavy atom. The van der Waals surface area contributed by atoms with E-state index in [1.807, 2.05) is 12.3 Å². The standard InChI is InChI=1S/C16H10N2S/c1-2-5-11(6-3-1)14-9-12-7-4-8-13-10-17-18-16(19-14)15(12)13/h1-10H. The van der Waals surface area contributed by atoms with Crippen LogP contribution in [0.4, 0.5) is 0 Å². The van der Waals surface area contributed by atoms with E-state index >= 15 is 0 Å². The minimum absolute atomic E-state index is 0.995.